The molecule has 1 aromatic carbocycles. The molecular weight excluding hydrogens is 266 g/mol. The highest BCUT2D eigenvalue weighted by molar-refractivity contribution is 5.91. The Labute approximate surface area is 124 Å². The van der Waals surface area contributed by atoms with Crippen LogP contribution < -0.4 is 11.1 Å². The number of nitrogens with zero attached hydrogens (tertiary/aromatic N) is 3. The molecule has 0 spiro atoms. The topological polar surface area (TPSA) is 85.8 Å². The number of nitrogens with one attached hydrogen (secondary N) is 1. The Morgan fingerprint density at radius 2 is 2.05 bits per heavy atom. The van der Waals surface area contributed by atoms with Crippen LogP contribution in [0.5, 0.6) is 0 Å². The number of aromatic nitrogens is 3. The third-order valence-electron chi connectivity index (χ3n) is 3.33. The van der Waals surface area contributed by atoms with Crippen LogP contribution in [0, 0.1) is 5.92 Å². The zero-order valence-electron chi connectivity index (χ0n) is 12.4. The van der Waals surface area contributed by atoms with Crippen LogP contribution in [-0.2, 0) is 11.3 Å². The Hall–Kier alpha value is -2.21. The minimum absolute atomic E-state index is 0.0553. The molecular formula is C15H21N5O. The summed E-state index contributed by atoms with van der Waals surface area (Å²) in [6.07, 6.45) is 3.51. The van der Waals surface area contributed by atoms with E-state index in [2.05, 4.69) is 15.4 Å². The number of carbonyl (C=O) groups is 1. The molecule has 1 amide bonds. The largest absolute Gasteiger partial charge is 0.327 e. The van der Waals surface area contributed by atoms with E-state index in [9.17, 15) is 4.79 Å². The fraction of sp³-hybridized carbons (Fsp3) is 0.400. The summed E-state index contributed by atoms with van der Waals surface area (Å²) in [6, 6.07) is 7.56. The lowest BCUT2D eigenvalue weighted by Gasteiger charge is -2.15. The maximum Gasteiger partial charge on any atom is 0.225 e. The summed E-state index contributed by atoms with van der Waals surface area (Å²) < 4.78 is 1.75. The van der Waals surface area contributed by atoms with E-state index in [1.54, 1.807) is 11.0 Å². The summed E-state index contributed by atoms with van der Waals surface area (Å²) in [7, 11) is 0. The molecule has 1 unspecified atom stereocenters. The van der Waals surface area contributed by atoms with Crippen LogP contribution >= 0.6 is 0 Å². The molecule has 2 aromatic rings. The van der Waals surface area contributed by atoms with Gasteiger partial charge in [0.05, 0.1) is 6.54 Å². The van der Waals surface area contributed by atoms with Gasteiger partial charge in [-0.3, -0.25) is 4.79 Å². The molecule has 1 atom stereocenters. The van der Waals surface area contributed by atoms with E-state index in [1.165, 1.54) is 6.33 Å². The normalized spacial score (nSPS) is 12.4. The van der Waals surface area contributed by atoms with Gasteiger partial charge in [0.1, 0.15) is 12.7 Å². The van der Waals surface area contributed by atoms with E-state index in [-0.39, 0.29) is 11.9 Å². The van der Waals surface area contributed by atoms with E-state index in [4.69, 9.17) is 5.73 Å². The van der Waals surface area contributed by atoms with Gasteiger partial charge in [0.25, 0.3) is 0 Å². The molecule has 0 aliphatic carbocycles. The Morgan fingerprint density at radius 3 is 2.62 bits per heavy atom. The Bertz CT molecular complexity index is 562. The van der Waals surface area contributed by atoms with E-state index in [1.807, 2.05) is 38.1 Å². The third kappa shape index (κ3) is 4.68. The maximum absolute atomic E-state index is 11.9. The highest BCUT2D eigenvalue weighted by Crippen LogP contribution is 2.12. The third-order valence-corrected chi connectivity index (χ3v) is 3.33. The number of hydrogen-bond donors (Lipinski definition) is 2. The summed E-state index contributed by atoms with van der Waals surface area (Å²) in [5, 5.41) is 6.91. The van der Waals surface area contributed by atoms with Crippen molar-refractivity contribution >= 4 is 11.6 Å². The van der Waals surface area contributed by atoms with Gasteiger partial charge in [-0.05, 0) is 23.6 Å². The summed E-state index contributed by atoms with van der Waals surface area (Å²) in [4.78, 5) is 15.8. The fourth-order valence-electron chi connectivity index (χ4n) is 1.86. The molecule has 1 heterocycles. The zero-order chi connectivity index (χ0) is 15.2. The molecule has 0 saturated carbocycles. The second-order valence-corrected chi connectivity index (χ2v) is 5.45. The Kier molecular flexibility index (Phi) is 5.05. The standard InChI is InChI=1S/C15H21N5O/c1-11(2)14(16)7-15(21)19-13-5-3-12(4-6-13)8-20-10-17-9-18-20/h3-6,9-11,14H,7-8,16H2,1-2H3,(H,19,21). The zero-order valence-corrected chi connectivity index (χ0v) is 12.4. The second-order valence-electron chi connectivity index (χ2n) is 5.45. The van der Waals surface area contributed by atoms with Crippen molar-refractivity contribution in [3.8, 4) is 0 Å². The van der Waals surface area contributed by atoms with Gasteiger partial charge in [-0.25, -0.2) is 9.67 Å². The molecule has 21 heavy (non-hydrogen) atoms. The van der Waals surface area contributed by atoms with Crippen LogP contribution in [0.15, 0.2) is 36.9 Å². The predicted octanol–water partition coefficient (Wildman–Crippen LogP) is 1.64. The second kappa shape index (κ2) is 6.99. The minimum atomic E-state index is -0.114. The highest BCUT2D eigenvalue weighted by Gasteiger charge is 2.12. The molecule has 112 valence electrons. The lowest BCUT2D eigenvalue weighted by Crippen LogP contribution is -2.31. The van der Waals surface area contributed by atoms with Crippen LogP contribution in [0.3, 0.4) is 0 Å². The van der Waals surface area contributed by atoms with E-state index in [0.717, 1.165) is 11.3 Å². The minimum Gasteiger partial charge on any atom is -0.327 e. The van der Waals surface area contributed by atoms with E-state index < -0.39 is 0 Å². The SMILES string of the molecule is CC(C)C(N)CC(=O)Nc1ccc(Cn2cncn2)cc1. The van der Waals surface area contributed by atoms with Crippen molar-refractivity contribution in [2.75, 3.05) is 5.32 Å². The summed E-state index contributed by atoms with van der Waals surface area (Å²) >= 11 is 0. The highest BCUT2D eigenvalue weighted by atomic mass is 16.1. The molecule has 0 aliphatic heterocycles. The molecule has 0 radical (unpaired) electrons. The average Bonchev–Trinajstić information content (AvgIpc) is 2.93. The fourth-order valence-corrected chi connectivity index (χ4v) is 1.86. The number of amides is 1. The summed E-state index contributed by atoms with van der Waals surface area (Å²) in [6.45, 7) is 4.68. The van der Waals surface area contributed by atoms with E-state index >= 15 is 0 Å². The first-order valence-corrected chi connectivity index (χ1v) is 7.01. The van der Waals surface area contributed by atoms with Crippen molar-refractivity contribution in [3.63, 3.8) is 0 Å². The van der Waals surface area contributed by atoms with Gasteiger partial charge < -0.3 is 11.1 Å². The van der Waals surface area contributed by atoms with Crippen LogP contribution in [0.2, 0.25) is 0 Å². The van der Waals surface area contributed by atoms with Crippen LogP contribution in [0.4, 0.5) is 5.69 Å². The van der Waals surface area contributed by atoms with Gasteiger partial charge in [-0.15, -0.1) is 0 Å². The predicted molar refractivity (Wildman–Crippen MR) is 81.6 cm³/mol. The molecule has 2 rings (SSSR count). The first-order valence-electron chi connectivity index (χ1n) is 7.01. The quantitative estimate of drug-likeness (QED) is 0.845. The van der Waals surface area contributed by atoms with E-state index in [0.29, 0.717) is 18.9 Å². The number of nitrogens with two attached hydrogens (primary N) is 1. The smallest absolute Gasteiger partial charge is 0.225 e. The average molecular weight is 287 g/mol. The lowest BCUT2D eigenvalue weighted by atomic mass is 10.0. The number of carbonyl (C=O) groups excluding carboxylic acids is 1. The molecule has 0 saturated heterocycles. The summed E-state index contributed by atoms with van der Waals surface area (Å²) in [5.74, 6) is 0.237. The molecule has 1 aromatic heterocycles. The van der Waals surface area contributed by atoms with Crippen molar-refractivity contribution in [3.05, 3.63) is 42.5 Å². The molecule has 0 bridgehead atoms. The van der Waals surface area contributed by atoms with Crippen LogP contribution in [-0.4, -0.2) is 26.7 Å². The summed E-state index contributed by atoms with van der Waals surface area (Å²) in [5.41, 5.74) is 7.77. The molecule has 3 N–H and O–H groups in total. The van der Waals surface area contributed by atoms with Gasteiger partial charge in [-0.2, -0.15) is 5.10 Å². The van der Waals surface area contributed by atoms with Gasteiger partial charge in [0.15, 0.2) is 0 Å². The molecule has 0 aliphatic rings. The molecule has 6 nitrogen and oxygen atoms in total. The van der Waals surface area contributed by atoms with Crippen molar-refractivity contribution in [1.29, 1.82) is 0 Å². The monoisotopic (exact) mass is 287 g/mol. The van der Waals surface area contributed by atoms with Crippen LogP contribution in [0.1, 0.15) is 25.8 Å². The number of anilines is 1. The first-order chi connectivity index (χ1) is 10.0. The number of hydrogen-bond acceptors (Lipinski definition) is 4. The Balaban J connectivity index is 1.88. The van der Waals surface area contributed by atoms with Crippen molar-refractivity contribution in [2.45, 2.75) is 32.9 Å². The van der Waals surface area contributed by atoms with Crippen molar-refractivity contribution < 1.29 is 4.79 Å². The van der Waals surface area contributed by atoms with Gasteiger partial charge in [-0.1, -0.05) is 26.0 Å². The Morgan fingerprint density at radius 1 is 1.33 bits per heavy atom. The molecule has 6 heteroatoms. The van der Waals surface area contributed by atoms with Gasteiger partial charge in [0.2, 0.25) is 5.91 Å². The van der Waals surface area contributed by atoms with Crippen LogP contribution in [0.25, 0.3) is 0 Å². The number of rotatable bonds is 6. The first kappa shape index (κ1) is 15.2. The maximum atomic E-state index is 11.9. The number of benzene rings is 1. The van der Waals surface area contributed by atoms with Gasteiger partial charge >= 0.3 is 0 Å². The molecule has 0 fully saturated rings. The van der Waals surface area contributed by atoms with Gasteiger partial charge in [0, 0.05) is 18.2 Å². The van der Waals surface area contributed by atoms with Crippen molar-refractivity contribution in [1.82, 2.24) is 14.8 Å². The van der Waals surface area contributed by atoms with Crippen molar-refractivity contribution in [2.24, 2.45) is 11.7 Å². The lowest BCUT2D eigenvalue weighted by molar-refractivity contribution is -0.116.